The third-order valence-corrected chi connectivity index (χ3v) is 3.51. The second-order valence-electron chi connectivity index (χ2n) is 5.18. The van der Waals surface area contributed by atoms with Gasteiger partial charge in [0.25, 0.3) is 11.8 Å². The third-order valence-electron chi connectivity index (χ3n) is 3.51. The summed E-state index contributed by atoms with van der Waals surface area (Å²) in [5, 5.41) is 20.3. The van der Waals surface area contributed by atoms with Crippen molar-refractivity contribution in [2.24, 2.45) is 0 Å². The number of aliphatic hydroxyl groups excluding tert-OH is 1. The van der Waals surface area contributed by atoms with Crippen LogP contribution in [-0.2, 0) is 9.59 Å². The van der Waals surface area contributed by atoms with Crippen molar-refractivity contribution in [1.82, 2.24) is 10.2 Å². The highest BCUT2D eigenvalue weighted by atomic mass is 16.4. The van der Waals surface area contributed by atoms with Crippen LogP contribution in [0.3, 0.4) is 0 Å². The molecule has 0 saturated carbocycles. The van der Waals surface area contributed by atoms with Gasteiger partial charge in [-0.05, 0) is 19.1 Å². The minimum atomic E-state index is -1.44. The van der Waals surface area contributed by atoms with E-state index in [-0.39, 0.29) is 24.1 Å². The number of aliphatic hydroxyl groups is 1. The molecule has 1 aliphatic rings. The molecule has 1 heterocycles. The zero-order chi connectivity index (χ0) is 17.1. The number of benzene rings is 1. The van der Waals surface area contributed by atoms with Gasteiger partial charge in [0.15, 0.2) is 6.04 Å². The Hall–Kier alpha value is -2.74. The molecule has 2 unspecified atom stereocenters. The quantitative estimate of drug-likeness (QED) is 0.614. The minimum absolute atomic E-state index is 0.162. The molecule has 8 heteroatoms. The number of aliphatic carboxylic acids is 1. The Morgan fingerprint density at radius 1 is 1.17 bits per heavy atom. The standard InChI is InChI=1S/C15H16N2O6/c1-8(18)12(15(22)23)16-11(19)6-7-17-13(20)9-4-2-3-5-10(9)14(17)21/h2-5,8,12,18H,6-7H2,1H3,(H,16,19)(H,22,23). The van der Waals surface area contributed by atoms with Crippen molar-refractivity contribution in [3.63, 3.8) is 0 Å². The second kappa shape index (κ2) is 6.57. The normalized spacial score (nSPS) is 16.0. The van der Waals surface area contributed by atoms with Crippen molar-refractivity contribution >= 4 is 23.7 Å². The lowest BCUT2D eigenvalue weighted by atomic mass is 10.1. The molecule has 1 aromatic carbocycles. The zero-order valence-electron chi connectivity index (χ0n) is 12.4. The van der Waals surface area contributed by atoms with E-state index in [1.807, 2.05) is 0 Å². The molecule has 0 aromatic heterocycles. The Morgan fingerprint density at radius 3 is 2.13 bits per heavy atom. The number of carboxylic acid groups (broad SMARTS) is 1. The van der Waals surface area contributed by atoms with Gasteiger partial charge in [0.1, 0.15) is 0 Å². The van der Waals surface area contributed by atoms with Gasteiger partial charge in [-0.25, -0.2) is 4.79 Å². The van der Waals surface area contributed by atoms with E-state index in [2.05, 4.69) is 5.32 Å². The smallest absolute Gasteiger partial charge is 0.328 e. The first-order chi connectivity index (χ1) is 10.8. The zero-order valence-corrected chi connectivity index (χ0v) is 12.4. The summed E-state index contributed by atoms with van der Waals surface area (Å²) >= 11 is 0. The Balaban J connectivity index is 1.97. The maximum Gasteiger partial charge on any atom is 0.328 e. The van der Waals surface area contributed by atoms with Crippen LogP contribution in [0.15, 0.2) is 24.3 Å². The van der Waals surface area contributed by atoms with E-state index in [9.17, 15) is 24.3 Å². The molecule has 0 aliphatic carbocycles. The van der Waals surface area contributed by atoms with Crippen molar-refractivity contribution in [2.45, 2.75) is 25.5 Å². The van der Waals surface area contributed by atoms with Crippen LogP contribution in [-0.4, -0.2) is 57.5 Å². The van der Waals surface area contributed by atoms with Gasteiger partial charge in [-0.15, -0.1) is 0 Å². The summed E-state index contributed by atoms with van der Waals surface area (Å²) in [6.07, 6.45) is -1.52. The fraction of sp³-hybridized carbons (Fsp3) is 0.333. The van der Waals surface area contributed by atoms with Gasteiger partial charge in [0.05, 0.1) is 17.2 Å². The van der Waals surface area contributed by atoms with Gasteiger partial charge >= 0.3 is 5.97 Å². The van der Waals surface area contributed by atoms with Crippen LogP contribution in [0.5, 0.6) is 0 Å². The number of amides is 3. The molecule has 23 heavy (non-hydrogen) atoms. The number of hydrogen-bond donors (Lipinski definition) is 3. The van der Waals surface area contributed by atoms with Crippen LogP contribution in [0.25, 0.3) is 0 Å². The van der Waals surface area contributed by atoms with Crippen LogP contribution >= 0.6 is 0 Å². The molecule has 0 fully saturated rings. The number of hydrogen-bond acceptors (Lipinski definition) is 5. The summed E-state index contributed by atoms with van der Waals surface area (Å²) in [5.74, 6) is -3.00. The summed E-state index contributed by atoms with van der Waals surface area (Å²) in [7, 11) is 0. The highest BCUT2D eigenvalue weighted by Crippen LogP contribution is 2.22. The van der Waals surface area contributed by atoms with Crippen molar-refractivity contribution in [2.75, 3.05) is 6.54 Å². The van der Waals surface area contributed by atoms with E-state index >= 15 is 0 Å². The Labute approximate surface area is 131 Å². The van der Waals surface area contributed by atoms with Crippen molar-refractivity contribution < 1.29 is 29.4 Å². The monoisotopic (exact) mass is 320 g/mol. The van der Waals surface area contributed by atoms with E-state index in [0.717, 1.165) is 4.90 Å². The molecule has 8 nitrogen and oxygen atoms in total. The molecule has 2 atom stereocenters. The fourth-order valence-electron chi connectivity index (χ4n) is 2.29. The summed E-state index contributed by atoms with van der Waals surface area (Å²) in [5.41, 5.74) is 0.565. The average Bonchev–Trinajstić information content (AvgIpc) is 2.74. The molecule has 3 amide bonds. The van der Waals surface area contributed by atoms with Crippen LogP contribution in [0.1, 0.15) is 34.1 Å². The van der Waals surface area contributed by atoms with Gasteiger partial charge in [0.2, 0.25) is 5.91 Å². The predicted molar refractivity (Wildman–Crippen MR) is 77.7 cm³/mol. The highest BCUT2D eigenvalue weighted by molar-refractivity contribution is 6.21. The number of nitrogens with one attached hydrogen (secondary N) is 1. The van der Waals surface area contributed by atoms with Gasteiger partial charge in [-0.2, -0.15) is 0 Å². The number of carboxylic acids is 1. The summed E-state index contributed by atoms with van der Waals surface area (Å²) in [4.78, 5) is 47.8. The van der Waals surface area contributed by atoms with Crippen LogP contribution in [0.4, 0.5) is 0 Å². The van der Waals surface area contributed by atoms with E-state index in [1.54, 1.807) is 12.1 Å². The molecule has 0 saturated heterocycles. The molecule has 0 spiro atoms. The first-order valence-corrected chi connectivity index (χ1v) is 6.98. The van der Waals surface area contributed by atoms with Crippen LogP contribution in [0.2, 0.25) is 0 Å². The Kier molecular flexibility index (Phi) is 4.75. The highest BCUT2D eigenvalue weighted by Gasteiger charge is 2.35. The van der Waals surface area contributed by atoms with Crippen LogP contribution in [0, 0.1) is 0 Å². The number of carbonyl (C=O) groups is 4. The fourth-order valence-corrected chi connectivity index (χ4v) is 2.29. The number of carbonyl (C=O) groups excluding carboxylic acids is 3. The molecule has 2 rings (SSSR count). The topological polar surface area (TPSA) is 124 Å². The largest absolute Gasteiger partial charge is 0.480 e. The van der Waals surface area contributed by atoms with Crippen molar-refractivity contribution in [3.8, 4) is 0 Å². The van der Waals surface area contributed by atoms with Crippen LogP contribution < -0.4 is 5.32 Å². The summed E-state index contributed by atoms with van der Waals surface area (Å²) in [6, 6.07) is 4.90. The second-order valence-corrected chi connectivity index (χ2v) is 5.18. The number of fused-ring (bicyclic) bond motifs is 1. The van der Waals surface area contributed by atoms with E-state index in [1.165, 1.54) is 19.1 Å². The molecule has 0 radical (unpaired) electrons. The molecular formula is C15H16N2O6. The number of rotatable bonds is 6. The maximum atomic E-state index is 12.1. The Morgan fingerprint density at radius 2 is 1.70 bits per heavy atom. The SMILES string of the molecule is CC(O)C(NC(=O)CCN1C(=O)c2ccccc2C1=O)C(=O)O. The lowest BCUT2D eigenvalue weighted by Gasteiger charge is -2.18. The molecular weight excluding hydrogens is 304 g/mol. The van der Waals surface area contributed by atoms with Gasteiger partial charge < -0.3 is 15.5 Å². The first kappa shape index (κ1) is 16.6. The molecule has 122 valence electrons. The van der Waals surface area contributed by atoms with Crippen molar-refractivity contribution in [1.29, 1.82) is 0 Å². The maximum absolute atomic E-state index is 12.1. The summed E-state index contributed by atoms with van der Waals surface area (Å²) < 4.78 is 0. The van der Waals surface area contributed by atoms with Gasteiger partial charge in [0, 0.05) is 13.0 Å². The average molecular weight is 320 g/mol. The van der Waals surface area contributed by atoms with E-state index < -0.39 is 35.8 Å². The molecule has 3 N–H and O–H groups in total. The molecule has 1 aliphatic heterocycles. The molecule has 1 aromatic rings. The van der Waals surface area contributed by atoms with Crippen molar-refractivity contribution in [3.05, 3.63) is 35.4 Å². The predicted octanol–water partition coefficient (Wildman–Crippen LogP) is -0.377. The molecule has 0 bridgehead atoms. The van der Waals surface area contributed by atoms with E-state index in [4.69, 9.17) is 5.11 Å². The van der Waals surface area contributed by atoms with E-state index in [0.29, 0.717) is 0 Å². The lowest BCUT2D eigenvalue weighted by molar-refractivity contribution is -0.144. The van der Waals surface area contributed by atoms with Gasteiger partial charge in [-0.1, -0.05) is 12.1 Å². The third kappa shape index (κ3) is 3.37. The summed E-state index contributed by atoms with van der Waals surface area (Å²) in [6.45, 7) is 1.08. The number of nitrogens with zero attached hydrogens (tertiary/aromatic N) is 1. The lowest BCUT2D eigenvalue weighted by Crippen LogP contribution is -2.48. The van der Waals surface area contributed by atoms with Gasteiger partial charge in [-0.3, -0.25) is 19.3 Å². The minimum Gasteiger partial charge on any atom is -0.480 e. The Bertz CT molecular complexity index is 635. The number of imide groups is 1. The first-order valence-electron chi connectivity index (χ1n) is 6.98.